The van der Waals surface area contributed by atoms with E-state index in [4.69, 9.17) is 5.73 Å². The molecule has 3 rings (SSSR count). The van der Waals surface area contributed by atoms with E-state index in [-0.39, 0.29) is 5.56 Å². The molecule has 0 fully saturated rings. The van der Waals surface area contributed by atoms with Crippen LogP contribution in [0.5, 0.6) is 0 Å². The number of rotatable bonds is 4. The molecule has 2 N–H and O–H groups in total. The van der Waals surface area contributed by atoms with Crippen molar-refractivity contribution in [3.8, 4) is 11.3 Å². The van der Waals surface area contributed by atoms with Crippen molar-refractivity contribution in [3.63, 3.8) is 0 Å². The first kappa shape index (κ1) is 17.7. The van der Waals surface area contributed by atoms with Crippen LogP contribution in [0.2, 0.25) is 0 Å². The van der Waals surface area contributed by atoms with Crippen LogP contribution in [0.15, 0.2) is 54.7 Å². The molecule has 0 spiro atoms. The molecule has 4 nitrogen and oxygen atoms in total. The third-order valence-corrected chi connectivity index (χ3v) is 3.85. The van der Waals surface area contributed by atoms with Crippen LogP contribution >= 0.6 is 0 Å². The minimum atomic E-state index is -4.67. The predicted octanol–water partition coefficient (Wildman–Crippen LogP) is 3.86. The van der Waals surface area contributed by atoms with Crippen molar-refractivity contribution in [3.05, 3.63) is 77.2 Å². The molecule has 0 aliphatic carbocycles. The number of aromatic nitrogens is 2. The zero-order chi connectivity index (χ0) is 18.9. The van der Waals surface area contributed by atoms with Gasteiger partial charge < -0.3 is 5.73 Å². The number of nitrogens with two attached hydrogens (primary N) is 1. The molecule has 0 radical (unpaired) electrons. The fourth-order valence-electron chi connectivity index (χ4n) is 2.66. The highest BCUT2D eigenvalue weighted by molar-refractivity contribution is 5.99. The number of benzene rings is 2. The Kier molecular flexibility index (Phi) is 4.50. The highest BCUT2D eigenvalue weighted by Crippen LogP contribution is 2.33. The molecule has 1 aromatic heterocycles. The van der Waals surface area contributed by atoms with Gasteiger partial charge in [0.15, 0.2) is 0 Å². The first-order valence-corrected chi connectivity index (χ1v) is 7.54. The maximum absolute atomic E-state index is 14.0. The third-order valence-electron chi connectivity index (χ3n) is 3.85. The molecular formula is C18H13F4N3O. The van der Waals surface area contributed by atoms with Crippen molar-refractivity contribution in [1.29, 1.82) is 0 Å². The van der Waals surface area contributed by atoms with Gasteiger partial charge in [-0.15, -0.1) is 0 Å². The second-order valence-electron chi connectivity index (χ2n) is 5.57. The standard InChI is InChI=1S/C18H13F4N3O/c19-15-7-3-6-14(18(20,21)22)13(15)10-25-9-8-16(24-25)11-4-1-2-5-12(11)17(23)26/h1-9H,10H2,(H2,23,26). The van der Waals surface area contributed by atoms with Gasteiger partial charge in [-0.25, -0.2) is 4.39 Å². The molecule has 0 aliphatic heterocycles. The number of amides is 1. The maximum atomic E-state index is 14.0. The Morgan fingerprint density at radius 3 is 2.50 bits per heavy atom. The van der Waals surface area contributed by atoms with Crippen LogP contribution in [0.1, 0.15) is 21.5 Å². The molecule has 2 aromatic carbocycles. The van der Waals surface area contributed by atoms with Gasteiger partial charge in [0.1, 0.15) is 5.82 Å². The highest BCUT2D eigenvalue weighted by atomic mass is 19.4. The molecule has 0 atom stereocenters. The van der Waals surface area contributed by atoms with Crippen LogP contribution in [0.3, 0.4) is 0 Å². The van der Waals surface area contributed by atoms with E-state index < -0.39 is 35.6 Å². The molecule has 0 saturated heterocycles. The van der Waals surface area contributed by atoms with Crippen molar-refractivity contribution in [2.45, 2.75) is 12.7 Å². The summed E-state index contributed by atoms with van der Waals surface area (Å²) in [6.45, 7) is -0.403. The number of alkyl halides is 3. The monoisotopic (exact) mass is 363 g/mol. The summed E-state index contributed by atoms with van der Waals surface area (Å²) in [5, 5.41) is 4.16. The fourth-order valence-corrected chi connectivity index (χ4v) is 2.66. The average molecular weight is 363 g/mol. The van der Waals surface area contributed by atoms with Crippen LogP contribution in [0.25, 0.3) is 11.3 Å². The molecule has 0 aliphatic rings. The lowest BCUT2D eigenvalue weighted by atomic mass is 10.0. The quantitative estimate of drug-likeness (QED) is 0.716. The van der Waals surface area contributed by atoms with Crippen molar-refractivity contribution in [2.24, 2.45) is 5.73 Å². The highest BCUT2D eigenvalue weighted by Gasteiger charge is 2.34. The van der Waals surface area contributed by atoms with Crippen molar-refractivity contribution >= 4 is 5.91 Å². The van der Waals surface area contributed by atoms with E-state index in [1.54, 1.807) is 18.2 Å². The first-order valence-electron chi connectivity index (χ1n) is 7.54. The SMILES string of the molecule is NC(=O)c1ccccc1-c1ccn(Cc2c(F)cccc2C(F)(F)F)n1. The van der Waals surface area contributed by atoms with E-state index in [1.165, 1.54) is 23.0 Å². The molecule has 3 aromatic rings. The van der Waals surface area contributed by atoms with Gasteiger partial charge in [-0.2, -0.15) is 18.3 Å². The summed E-state index contributed by atoms with van der Waals surface area (Å²) in [6, 6.07) is 10.8. The molecule has 0 saturated carbocycles. The van der Waals surface area contributed by atoms with Crippen molar-refractivity contribution < 1.29 is 22.4 Å². The van der Waals surface area contributed by atoms with Gasteiger partial charge in [-0.3, -0.25) is 9.48 Å². The predicted molar refractivity (Wildman–Crippen MR) is 86.7 cm³/mol. The number of hydrogen-bond acceptors (Lipinski definition) is 2. The molecule has 134 valence electrons. The Hall–Kier alpha value is -3.16. The summed E-state index contributed by atoms with van der Waals surface area (Å²) >= 11 is 0. The largest absolute Gasteiger partial charge is 0.416 e. The van der Waals surface area contributed by atoms with E-state index in [2.05, 4.69) is 5.10 Å². The summed E-state index contributed by atoms with van der Waals surface area (Å²) in [5.41, 5.74) is 4.81. The van der Waals surface area contributed by atoms with E-state index in [9.17, 15) is 22.4 Å². The zero-order valence-electron chi connectivity index (χ0n) is 13.3. The van der Waals surface area contributed by atoms with Crippen LogP contribution < -0.4 is 5.73 Å². The summed E-state index contributed by atoms with van der Waals surface area (Å²) in [7, 11) is 0. The Bertz CT molecular complexity index is 963. The molecule has 1 heterocycles. The van der Waals surface area contributed by atoms with E-state index in [0.29, 0.717) is 11.3 Å². The second kappa shape index (κ2) is 6.62. The van der Waals surface area contributed by atoms with Crippen molar-refractivity contribution in [2.75, 3.05) is 0 Å². The van der Waals surface area contributed by atoms with E-state index in [0.717, 1.165) is 18.2 Å². The van der Waals surface area contributed by atoms with Crippen molar-refractivity contribution in [1.82, 2.24) is 9.78 Å². The Morgan fingerprint density at radius 1 is 1.08 bits per heavy atom. The zero-order valence-corrected chi connectivity index (χ0v) is 13.3. The summed E-state index contributed by atoms with van der Waals surface area (Å²) in [6.07, 6.45) is -3.26. The molecule has 26 heavy (non-hydrogen) atoms. The number of carbonyl (C=O) groups excluding carboxylic acids is 1. The van der Waals surface area contributed by atoms with Gasteiger partial charge >= 0.3 is 6.18 Å². The Morgan fingerprint density at radius 2 is 1.81 bits per heavy atom. The Balaban J connectivity index is 1.98. The molecule has 1 amide bonds. The number of halogens is 4. The number of carbonyl (C=O) groups is 1. The van der Waals surface area contributed by atoms with E-state index in [1.807, 2.05) is 0 Å². The van der Waals surface area contributed by atoms with Gasteiger partial charge in [0.05, 0.1) is 17.8 Å². The summed E-state index contributed by atoms with van der Waals surface area (Å²) < 4.78 is 54.4. The van der Waals surface area contributed by atoms with Gasteiger partial charge in [0.25, 0.3) is 0 Å². The fraction of sp³-hybridized carbons (Fsp3) is 0.111. The molecule has 0 bridgehead atoms. The average Bonchev–Trinajstić information content (AvgIpc) is 3.04. The first-order chi connectivity index (χ1) is 12.3. The van der Waals surface area contributed by atoms with E-state index >= 15 is 0 Å². The summed E-state index contributed by atoms with van der Waals surface area (Å²) in [5.74, 6) is -1.61. The minimum Gasteiger partial charge on any atom is -0.366 e. The van der Waals surface area contributed by atoms with Crippen LogP contribution in [0, 0.1) is 5.82 Å². The van der Waals surface area contributed by atoms with Gasteiger partial charge in [0, 0.05) is 22.9 Å². The number of hydrogen-bond donors (Lipinski definition) is 1. The number of nitrogens with zero attached hydrogens (tertiary/aromatic N) is 2. The Labute approximate surface area is 145 Å². The van der Waals surface area contributed by atoms with Crippen LogP contribution in [0.4, 0.5) is 17.6 Å². The topological polar surface area (TPSA) is 60.9 Å². The maximum Gasteiger partial charge on any atom is 0.416 e. The van der Waals surface area contributed by atoms with Crippen LogP contribution in [-0.4, -0.2) is 15.7 Å². The molecule has 8 heteroatoms. The van der Waals surface area contributed by atoms with Gasteiger partial charge in [-0.05, 0) is 24.3 Å². The van der Waals surface area contributed by atoms with Gasteiger partial charge in [0.2, 0.25) is 5.91 Å². The third kappa shape index (κ3) is 3.44. The second-order valence-corrected chi connectivity index (χ2v) is 5.57. The number of primary amides is 1. The minimum absolute atomic E-state index is 0.236. The smallest absolute Gasteiger partial charge is 0.366 e. The lowest BCUT2D eigenvalue weighted by Gasteiger charge is -2.13. The summed E-state index contributed by atoms with van der Waals surface area (Å²) in [4.78, 5) is 11.5. The molecular weight excluding hydrogens is 350 g/mol. The lowest BCUT2D eigenvalue weighted by molar-refractivity contribution is -0.138. The normalized spacial score (nSPS) is 11.5. The molecule has 0 unspecified atom stereocenters. The lowest BCUT2D eigenvalue weighted by Crippen LogP contribution is -2.14. The van der Waals surface area contributed by atoms with Crippen LogP contribution in [-0.2, 0) is 12.7 Å². The van der Waals surface area contributed by atoms with Gasteiger partial charge in [-0.1, -0.05) is 24.3 Å².